The summed E-state index contributed by atoms with van der Waals surface area (Å²) in [6.07, 6.45) is 2.87. The Balaban J connectivity index is 1.50. The summed E-state index contributed by atoms with van der Waals surface area (Å²) in [4.78, 5) is 15.4. The third-order valence-electron chi connectivity index (χ3n) is 4.65. The van der Waals surface area contributed by atoms with Gasteiger partial charge in [0.05, 0.1) is 4.34 Å². The van der Waals surface area contributed by atoms with E-state index < -0.39 is 0 Å². The number of rotatable bonds is 6. The number of aliphatic imine (C=N–C) groups is 1. The van der Waals surface area contributed by atoms with Gasteiger partial charge >= 0.3 is 0 Å². The molecule has 1 N–H and O–H groups in total. The maximum atomic E-state index is 6.04. The van der Waals surface area contributed by atoms with E-state index in [1.165, 1.54) is 10.4 Å². The minimum atomic E-state index is 0.779. The summed E-state index contributed by atoms with van der Waals surface area (Å²) >= 11 is 7.72. The van der Waals surface area contributed by atoms with Gasteiger partial charge in [-0.05, 0) is 44.0 Å². The Labute approximate surface area is 171 Å². The van der Waals surface area contributed by atoms with E-state index in [4.69, 9.17) is 16.6 Å². The van der Waals surface area contributed by atoms with Crippen molar-refractivity contribution in [1.82, 2.24) is 20.1 Å². The number of halogens is 1. The number of hydrogen-bond donors (Lipinski definition) is 1. The fourth-order valence-corrected chi connectivity index (χ4v) is 4.27. The van der Waals surface area contributed by atoms with E-state index in [9.17, 15) is 0 Å². The van der Waals surface area contributed by atoms with Gasteiger partial charge in [0.1, 0.15) is 0 Å². The van der Waals surface area contributed by atoms with E-state index in [0.717, 1.165) is 68.2 Å². The van der Waals surface area contributed by atoms with E-state index in [1.54, 1.807) is 11.3 Å². The molecule has 1 fully saturated rings. The molecule has 1 aliphatic rings. The highest BCUT2D eigenvalue weighted by molar-refractivity contribution is 7.16. The normalized spacial score (nSPS) is 16.0. The summed E-state index contributed by atoms with van der Waals surface area (Å²) in [5.41, 5.74) is 2.29. The number of aryl methyl sites for hydroxylation is 1. The average molecular weight is 406 g/mol. The molecular weight excluding hydrogens is 378 g/mol. The zero-order valence-corrected chi connectivity index (χ0v) is 17.7. The van der Waals surface area contributed by atoms with Crippen LogP contribution in [-0.4, -0.2) is 60.0 Å². The minimum absolute atomic E-state index is 0.779. The zero-order valence-electron chi connectivity index (χ0n) is 16.1. The molecule has 1 aliphatic heterocycles. The van der Waals surface area contributed by atoms with E-state index in [-0.39, 0.29) is 0 Å². The number of hydrogen-bond acceptors (Lipinski definition) is 4. The van der Waals surface area contributed by atoms with Gasteiger partial charge in [-0.2, -0.15) is 0 Å². The lowest BCUT2D eigenvalue weighted by molar-refractivity contribution is 0.173. The lowest BCUT2D eigenvalue weighted by Crippen LogP contribution is -2.52. The van der Waals surface area contributed by atoms with Crippen LogP contribution in [0, 0.1) is 6.92 Å². The van der Waals surface area contributed by atoms with Gasteiger partial charge in [0, 0.05) is 62.6 Å². The largest absolute Gasteiger partial charge is 0.357 e. The minimum Gasteiger partial charge on any atom is -0.357 e. The number of thiophene rings is 1. The van der Waals surface area contributed by atoms with Gasteiger partial charge in [-0.15, -0.1) is 11.3 Å². The fourth-order valence-electron chi connectivity index (χ4n) is 3.14. The van der Waals surface area contributed by atoms with Crippen LogP contribution in [-0.2, 0) is 13.0 Å². The second kappa shape index (κ2) is 10.1. The lowest BCUT2D eigenvalue weighted by Gasteiger charge is -2.36. The average Bonchev–Trinajstić information content (AvgIpc) is 3.08. The Morgan fingerprint density at radius 3 is 2.67 bits per heavy atom. The Hall–Kier alpha value is -1.63. The summed E-state index contributed by atoms with van der Waals surface area (Å²) in [6.45, 7) is 10.9. The van der Waals surface area contributed by atoms with E-state index in [1.807, 2.05) is 19.2 Å². The monoisotopic (exact) mass is 405 g/mol. The van der Waals surface area contributed by atoms with Gasteiger partial charge in [0.15, 0.2) is 5.96 Å². The molecule has 0 aromatic carbocycles. The number of guanidine groups is 1. The van der Waals surface area contributed by atoms with Gasteiger partial charge in [0.25, 0.3) is 0 Å². The predicted molar refractivity (Wildman–Crippen MR) is 115 cm³/mol. The van der Waals surface area contributed by atoms with Gasteiger partial charge < -0.3 is 10.2 Å². The summed E-state index contributed by atoms with van der Waals surface area (Å²) in [5, 5.41) is 3.44. The van der Waals surface area contributed by atoms with Crippen LogP contribution >= 0.6 is 22.9 Å². The molecule has 27 heavy (non-hydrogen) atoms. The van der Waals surface area contributed by atoms with Crippen LogP contribution in [0.4, 0.5) is 0 Å². The van der Waals surface area contributed by atoms with E-state index in [2.05, 4.69) is 45.2 Å². The molecule has 0 bridgehead atoms. The van der Waals surface area contributed by atoms with Crippen LogP contribution in [0.25, 0.3) is 0 Å². The molecule has 1 saturated heterocycles. The van der Waals surface area contributed by atoms with Crippen LogP contribution in [0.3, 0.4) is 0 Å². The first-order chi connectivity index (χ1) is 13.1. The Morgan fingerprint density at radius 2 is 2.04 bits per heavy atom. The number of nitrogens with one attached hydrogen (secondary N) is 1. The first-order valence-electron chi connectivity index (χ1n) is 9.55. The molecule has 0 unspecified atom stereocenters. The maximum absolute atomic E-state index is 6.04. The SMILES string of the molecule is CCNC(=NCCc1ccc(C)nc1)N1CCN(Cc2ccc(Cl)s2)CC1. The van der Waals surface area contributed by atoms with Crippen LogP contribution in [0.15, 0.2) is 35.5 Å². The van der Waals surface area contributed by atoms with Crippen molar-refractivity contribution in [2.75, 3.05) is 39.3 Å². The third-order valence-corrected chi connectivity index (χ3v) is 5.87. The number of aromatic nitrogens is 1. The standard InChI is InChI=1S/C20H28ClN5S/c1-3-22-20(23-9-8-17-5-4-16(2)24-14-17)26-12-10-25(11-13-26)15-18-6-7-19(21)27-18/h4-7,14H,3,8-13,15H2,1-2H3,(H,22,23). The highest BCUT2D eigenvalue weighted by atomic mass is 35.5. The molecule has 0 spiro atoms. The van der Waals surface area contributed by atoms with E-state index >= 15 is 0 Å². The van der Waals surface area contributed by atoms with Gasteiger partial charge in [-0.3, -0.25) is 14.9 Å². The molecule has 7 heteroatoms. The van der Waals surface area contributed by atoms with Gasteiger partial charge in [-0.1, -0.05) is 17.7 Å². The molecule has 0 radical (unpaired) electrons. The quantitative estimate of drug-likeness (QED) is 0.590. The van der Waals surface area contributed by atoms with Crippen LogP contribution in [0.5, 0.6) is 0 Å². The Bertz CT molecular complexity index is 735. The molecule has 3 rings (SSSR count). The van der Waals surface area contributed by atoms with Crippen molar-refractivity contribution in [3.8, 4) is 0 Å². The molecule has 0 amide bonds. The molecule has 2 aromatic rings. The maximum Gasteiger partial charge on any atom is 0.194 e. The van der Waals surface area contributed by atoms with Crippen molar-refractivity contribution < 1.29 is 0 Å². The van der Waals surface area contributed by atoms with Crippen molar-refractivity contribution in [2.45, 2.75) is 26.8 Å². The van der Waals surface area contributed by atoms with Crippen LogP contribution in [0.1, 0.15) is 23.1 Å². The molecule has 146 valence electrons. The Morgan fingerprint density at radius 1 is 1.22 bits per heavy atom. The zero-order chi connectivity index (χ0) is 19.1. The highest BCUT2D eigenvalue weighted by Crippen LogP contribution is 2.23. The van der Waals surface area contributed by atoms with Crippen LogP contribution in [0.2, 0.25) is 4.34 Å². The number of piperazine rings is 1. The topological polar surface area (TPSA) is 43.8 Å². The van der Waals surface area contributed by atoms with Crippen molar-refractivity contribution in [3.63, 3.8) is 0 Å². The molecule has 0 atom stereocenters. The summed E-state index contributed by atoms with van der Waals surface area (Å²) in [6, 6.07) is 8.31. The predicted octanol–water partition coefficient (Wildman–Crippen LogP) is 3.43. The second-order valence-electron chi connectivity index (χ2n) is 6.76. The van der Waals surface area contributed by atoms with Gasteiger partial charge in [0.2, 0.25) is 0 Å². The molecule has 0 saturated carbocycles. The molecule has 3 heterocycles. The number of nitrogens with zero attached hydrogens (tertiary/aromatic N) is 4. The van der Waals surface area contributed by atoms with Crippen molar-refractivity contribution >= 4 is 28.9 Å². The first-order valence-corrected chi connectivity index (χ1v) is 10.7. The van der Waals surface area contributed by atoms with Crippen LogP contribution < -0.4 is 5.32 Å². The van der Waals surface area contributed by atoms with Gasteiger partial charge in [-0.25, -0.2) is 0 Å². The van der Waals surface area contributed by atoms with Crippen molar-refractivity contribution in [3.05, 3.63) is 50.9 Å². The smallest absolute Gasteiger partial charge is 0.194 e. The molecule has 0 aliphatic carbocycles. The molecule has 2 aromatic heterocycles. The molecule has 5 nitrogen and oxygen atoms in total. The third kappa shape index (κ3) is 6.19. The van der Waals surface area contributed by atoms with Crippen molar-refractivity contribution in [1.29, 1.82) is 0 Å². The Kier molecular flexibility index (Phi) is 7.50. The lowest BCUT2D eigenvalue weighted by atomic mass is 10.2. The molecular formula is C20H28ClN5S. The summed E-state index contributed by atoms with van der Waals surface area (Å²) < 4.78 is 0.869. The fraction of sp³-hybridized carbons (Fsp3) is 0.500. The van der Waals surface area contributed by atoms with E-state index in [0.29, 0.717) is 0 Å². The number of pyridine rings is 1. The second-order valence-corrected chi connectivity index (χ2v) is 8.56. The highest BCUT2D eigenvalue weighted by Gasteiger charge is 2.20. The van der Waals surface area contributed by atoms with Crippen molar-refractivity contribution in [2.24, 2.45) is 4.99 Å². The first kappa shape index (κ1) is 20.1. The summed E-state index contributed by atoms with van der Waals surface area (Å²) in [7, 11) is 0. The summed E-state index contributed by atoms with van der Waals surface area (Å²) in [5.74, 6) is 1.02.